The highest BCUT2D eigenvalue weighted by Crippen LogP contribution is 2.26. The van der Waals surface area contributed by atoms with E-state index >= 15 is 0 Å². The Morgan fingerprint density at radius 1 is 1.00 bits per heavy atom. The van der Waals surface area contributed by atoms with Crippen molar-refractivity contribution in [3.63, 3.8) is 0 Å². The Balaban J connectivity index is 1.36. The van der Waals surface area contributed by atoms with Crippen LogP contribution in [0.5, 0.6) is 0 Å². The quantitative estimate of drug-likeness (QED) is 0.633. The van der Waals surface area contributed by atoms with E-state index in [1.54, 1.807) is 0 Å². The number of ether oxygens (including phenoxy) is 2. The van der Waals surface area contributed by atoms with E-state index < -0.39 is 6.10 Å². The summed E-state index contributed by atoms with van der Waals surface area (Å²) in [7, 11) is 0. The number of amides is 1. The SMILES string of the molecule is O=C(C1CNCCO1)N1CCN(c2cc(N3CCOCC3)nc(-c3cccc(CO)c3)n2)CC1. The molecule has 1 aromatic carbocycles. The van der Waals surface area contributed by atoms with Gasteiger partial charge in [-0.25, -0.2) is 9.97 Å². The van der Waals surface area contributed by atoms with Crippen molar-refractivity contribution in [3.8, 4) is 11.4 Å². The van der Waals surface area contributed by atoms with E-state index in [1.165, 1.54) is 0 Å². The standard InChI is InChI=1S/C24H32N6O4/c31-17-18-2-1-3-19(14-18)23-26-21(15-22(27-23)29-9-12-33-13-10-29)28-5-7-30(8-6-28)24(32)20-16-25-4-11-34-20/h1-3,14-15,20,25,31H,4-13,16-17H2. The predicted molar refractivity (Wildman–Crippen MR) is 128 cm³/mol. The number of carbonyl (C=O) groups excluding carboxylic acids is 1. The van der Waals surface area contributed by atoms with Gasteiger partial charge in [0.1, 0.15) is 17.7 Å². The summed E-state index contributed by atoms with van der Waals surface area (Å²) >= 11 is 0. The topological polar surface area (TPSA) is 103 Å². The zero-order chi connectivity index (χ0) is 23.3. The Morgan fingerprint density at radius 2 is 1.74 bits per heavy atom. The molecule has 5 rings (SSSR count). The first-order valence-electron chi connectivity index (χ1n) is 12.0. The number of nitrogens with zero attached hydrogens (tertiary/aromatic N) is 5. The van der Waals surface area contributed by atoms with Gasteiger partial charge in [-0.15, -0.1) is 0 Å². The van der Waals surface area contributed by atoms with Crippen molar-refractivity contribution in [1.29, 1.82) is 0 Å². The van der Waals surface area contributed by atoms with Gasteiger partial charge in [0.2, 0.25) is 0 Å². The van der Waals surface area contributed by atoms with Gasteiger partial charge in [0.05, 0.1) is 26.4 Å². The van der Waals surface area contributed by atoms with Gasteiger partial charge in [0, 0.05) is 64.0 Å². The van der Waals surface area contributed by atoms with Crippen molar-refractivity contribution >= 4 is 17.5 Å². The molecular weight excluding hydrogens is 436 g/mol. The summed E-state index contributed by atoms with van der Waals surface area (Å²) in [6, 6.07) is 9.74. The van der Waals surface area contributed by atoms with Crippen LogP contribution in [0.15, 0.2) is 30.3 Å². The first-order chi connectivity index (χ1) is 16.7. The number of aromatic nitrogens is 2. The molecule has 1 atom stereocenters. The van der Waals surface area contributed by atoms with E-state index in [0.717, 1.165) is 42.4 Å². The number of carbonyl (C=O) groups is 1. The van der Waals surface area contributed by atoms with Crippen LogP contribution in [0, 0.1) is 0 Å². The smallest absolute Gasteiger partial charge is 0.253 e. The second kappa shape index (κ2) is 10.6. The Kier molecular flexibility index (Phi) is 7.19. The number of anilines is 2. The summed E-state index contributed by atoms with van der Waals surface area (Å²) in [6.07, 6.45) is -0.391. The number of piperazine rings is 1. The van der Waals surface area contributed by atoms with Gasteiger partial charge in [0.15, 0.2) is 5.82 Å². The minimum Gasteiger partial charge on any atom is -0.392 e. The number of hydrogen-bond donors (Lipinski definition) is 2. The molecule has 3 aliphatic rings. The molecule has 10 heteroatoms. The first kappa shape index (κ1) is 23.0. The predicted octanol–water partition coefficient (Wildman–Crippen LogP) is 0.110. The molecule has 182 valence electrons. The fraction of sp³-hybridized carbons (Fsp3) is 0.542. The van der Waals surface area contributed by atoms with E-state index in [-0.39, 0.29) is 12.5 Å². The van der Waals surface area contributed by atoms with Crippen LogP contribution in [-0.2, 0) is 20.9 Å². The lowest BCUT2D eigenvalue weighted by Gasteiger charge is -2.38. The third-order valence-corrected chi connectivity index (χ3v) is 6.52. The third-order valence-electron chi connectivity index (χ3n) is 6.52. The summed E-state index contributed by atoms with van der Waals surface area (Å²) < 4.78 is 11.2. The fourth-order valence-electron chi connectivity index (χ4n) is 4.56. The van der Waals surface area contributed by atoms with Gasteiger partial charge in [-0.05, 0) is 11.6 Å². The normalized spacial score (nSPS) is 21.6. The minimum atomic E-state index is -0.391. The fourth-order valence-corrected chi connectivity index (χ4v) is 4.56. The van der Waals surface area contributed by atoms with Crippen LogP contribution in [-0.4, -0.2) is 104 Å². The summed E-state index contributed by atoms with van der Waals surface area (Å²) in [5.41, 5.74) is 1.70. The van der Waals surface area contributed by atoms with Gasteiger partial charge in [-0.3, -0.25) is 4.79 Å². The lowest BCUT2D eigenvalue weighted by atomic mass is 10.1. The molecule has 3 fully saturated rings. The average molecular weight is 469 g/mol. The Labute approximate surface area is 199 Å². The largest absolute Gasteiger partial charge is 0.392 e. The van der Waals surface area contributed by atoms with Gasteiger partial charge in [-0.2, -0.15) is 0 Å². The summed E-state index contributed by atoms with van der Waals surface area (Å²) in [5, 5.41) is 12.8. The third kappa shape index (κ3) is 5.15. The molecule has 1 amide bonds. The van der Waals surface area contributed by atoms with Crippen molar-refractivity contribution in [1.82, 2.24) is 20.2 Å². The van der Waals surface area contributed by atoms with Crippen LogP contribution in [0.3, 0.4) is 0 Å². The highest BCUT2D eigenvalue weighted by molar-refractivity contribution is 5.81. The second-order valence-electron chi connectivity index (χ2n) is 8.74. The Morgan fingerprint density at radius 3 is 2.41 bits per heavy atom. The maximum absolute atomic E-state index is 12.8. The zero-order valence-corrected chi connectivity index (χ0v) is 19.4. The van der Waals surface area contributed by atoms with Crippen molar-refractivity contribution < 1.29 is 19.4 Å². The number of morpholine rings is 2. The van der Waals surface area contributed by atoms with Crippen LogP contribution in [0.25, 0.3) is 11.4 Å². The second-order valence-corrected chi connectivity index (χ2v) is 8.74. The zero-order valence-electron chi connectivity index (χ0n) is 19.4. The van der Waals surface area contributed by atoms with Crippen molar-refractivity contribution in [2.24, 2.45) is 0 Å². The number of benzene rings is 1. The van der Waals surface area contributed by atoms with E-state index in [4.69, 9.17) is 19.4 Å². The molecule has 3 aliphatic heterocycles. The van der Waals surface area contributed by atoms with Crippen molar-refractivity contribution in [2.75, 3.05) is 82.0 Å². The van der Waals surface area contributed by atoms with E-state index in [9.17, 15) is 9.90 Å². The Hall–Kier alpha value is -2.79. The number of aliphatic hydroxyl groups is 1. The molecule has 3 saturated heterocycles. The minimum absolute atomic E-state index is 0.0277. The monoisotopic (exact) mass is 468 g/mol. The summed E-state index contributed by atoms with van der Waals surface area (Å²) in [6.45, 7) is 7.47. The van der Waals surface area contributed by atoms with Gasteiger partial charge < -0.3 is 34.6 Å². The first-order valence-corrected chi connectivity index (χ1v) is 12.0. The molecule has 34 heavy (non-hydrogen) atoms. The van der Waals surface area contributed by atoms with Crippen LogP contribution < -0.4 is 15.1 Å². The van der Waals surface area contributed by atoms with Crippen molar-refractivity contribution in [3.05, 3.63) is 35.9 Å². The average Bonchev–Trinajstić information content (AvgIpc) is 2.93. The lowest BCUT2D eigenvalue weighted by Crippen LogP contribution is -2.55. The number of aliphatic hydroxyl groups excluding tert-OH is 1. The van der Waals surface area contributed by atoms with E-state index in [2.05, 4.69) is 15.1 Å². The molecule has 2 aromatic rings. The molecule has 0 bridgehead atoms. The lowest BCUT2D eigenvalue weighted by molar-refractivity contribution is -0.145. The van der Waals surface area contributed by atoms with Crippen molar-refractivity contribution in [2.45, 2.75) is 12.7 Å². The molecule has 0 radical (unpaired) electrons. The van der Waals surface area contributed by atoms with E-state index in [1.807, 2.05) is 35.2 Å². The molecule has 2 N–H and O–H groups in total. The highest BCUT2D eigenvalue weighted by Gasteiger charge is 2.30. The summed E-state index contributed by atoms with van der Waals surface area (Å²) in [4.78, 5) is 28.9. The molecule has 0 saturated carbocycles. The van der Waals surface area contributed by atoms with Crippen LogP contribution >= 0.6 is 0 Å². The highest BCUT2D eigenvalue weighted by atomic mass is 16.5. The van der Waals surface area contributed by atoms with Crippen LogP contribution in [0.2, 0.25) is 0 Å². The molecular formula is C24H32N6O4. The van der Waals surface area contributed by atoms with Gasteiger partial charge in [0.25, 0.3) is 5.91 Å². The summed E-state index contributed by atoms with van der Waals surface area (Å²) in [5.74, 6) is 2.42. The number of hydrogen-bond acceptors (Lipinski definition) is 9. The van der Waals surface area contributed by atoms with Crippen LogP contribution in [0.1, 0.15) is 5.56 Å². The number of nitrogens with one attached hydrogen (secondary N) is 1. The van der Waals surface area contributed by atoms with Gasteiger partial charge in [-0.1, -0.05) is 18.2 Å². The molecule has 1 aromatic heterocycles. The molecule has 1 unspecified atom stereocenters. The van der Waals surface area contributed by atoms with Crippen LogP contribution in [0.4, 0.5) is 11.6 Å². The molecule has 10 nitrogen and oxygen atoms in total. The van der Waals surface area contributed by atoms with Gasteiger partial charge >= 0.3 is 0 Å². The van der Waals surface area contributed by atoms with E-state index in [0.29, 0.717) is 58.4 Å². The maximum Gasteiger partial charge on any atom is 0.253 e. The Bertz CT molecular complexity index is 985. The molecule has 0 aliphatic carbocycles. The maximum atomic E-state index is 12.8. The number of rotatable bonds is 5. The molecule has 4 heterocycles. The molecule has 0 spiro atoms.